The van der Waals surface area contributed by atoms with Crippen LogP contribution in [-0.4, -0.2) is 11.7 Å². The van der Waals surface area contributed by atoms with Gasteiger partial charge in [0.15, 0.2) is 5.78 Å². The smallest absolute Gasteiger partial charge is 0.255 e. The van der Waals surface area contributed by atoms with E-state index in [2.05, 4.69) is 21.2 Å². The number of aryl methyl sites for hydroxylation is 1. The van der Waals surface area contributed by atoms with Gasteiger partial charge in [-0.15, -0.1) is 0 Å². The molecule has 3 nitrogen and oxygen atoms in total. The van der Waals surface area contributed by atoms with Crippen molar-refractivity contribution in [2.24, 2.45) is 0 Å². The van der Waals surface area contributed by atoms with Crippen LogP contribution in [0.15, 0.2) is 46.9 Å². The third kappa shape index (κ3) is 3.14. The van der Waals surface area contributed by atoms with E-state index in [9.17, 15) is 9.59 Å². The second kappa shape index (κ2) is 6.01. The van der Waals surface area contributed by atoms with Crippen molar-refractivity contribution in [2.45, 2.75) is 13.8 Å². The second-order valence-electron chi connectivity index (χ2n) is 4.52. The molecule has 2 aromatic rings. The van der Waals surface area contributed by atoms with Crippen LogP contribution in [0.5, 0.6) is 0 Å². The van der Waals surface area contributed by atoms with Crippen LogP contribution in [0.2, 0.25) is 0 Å². The number of hydrogen-bond acceptors (Lipinski definition) is 2. The number of carbonyl (C=O) groups is 2. The fraction of sp³-hybridized carbons (Fsp3) is 0.125. The van der Waals surface area contributed by atoms with Crippen molar-refractivity contribution in [1.29, 1.82) is 0 Å². The number of nitrogens with one attached hydrogen (secondary N) is 1. The van der Waals surface area contributed by atoms with E-state index in [0.717, 1.165) is 10.0 Å². The Labute approximate surface area is 126 Å². The van der Waals surface area contributed by atoms with Crippen molar-refractivity contribution in [1.82, 2.24) is 0 Å². The minimum Gasteiger partial charge on any atom is -0.321 e. The van der Waals surface area contributed by atoms with Crippen LogP contribution in [0.1, 0.15) is 33.2 Å². The van der Waals surface area contributed by atoms with Gasteiger partial charge in [0, 0.05) is 15.6 Å². The maximum Gasteiger partial charge on any atom is 0.255 e. The fourth-order valence-electron chi connectivity index (χ4n) is 1.97. The van der Waals surface area contributed by atoms with Gasteiger partial charge in [-0.3, -0.25) is 9.59 Å². The van der Waals surface area contributed by atoms with Gasteiger partial charge in [-0.1, -0.05) is 28.1 Å². The normalized spacial score (nSPS) is 10.2. The van der Waals surface area contributed by atoms with Crippen LogP contribution >= 0.6 is 15.9 Å². The number of hydrogen-bond donors (Lipinski definition) is 1. The molecule has 0 bridgehead atoms. The first kappa shape index (κ1) is 14.5. The molecule has 2 aromatic carbocycles. The highest BCUT2D eigenvalue weighted by atomic mass is 79.9. The number of rotatable bonds is 3. The summed E-state index contributed by atoms with van der Waals surface area (Å²) in [6, 6.07) is 12.4. The Morgan fingerprint density at radius 1 is 1.05 bits per heavy atom. The highest BCUT2D eigenvalue weighted by molar-refractivity contribution is 9.10. The summed E-state index contributed by atoms with van der Waals surface area (Å²) in [5, 5.41) is 2.79. The third-order valence-electron chi connectivity index (χ3n) is 2.99. The van der Waals surface area contributed by atoms with Crippen LogP contribution in [-0.2, 0) is 0 Å². The molecule has 0 saturated carbocycles. The first-order chi connectivity index (χ1) is 9.49. The summed E-state index contributed by atoms with van der Waals surface area (Å²) in [6.45, 7) is 3.35. The molecule has 0 radical (unpaired) electrons. The van der Waals surface area contributed by atoms with Gasteiger partial charge in [0.2, 0.25) is 0 Å². The van der Waals surface area contributed by atoms with Crippen LogP contribution in [0.4, 0.5) is 5.69 Å². The molecule has 0 unspecified atom stereocenters. The van der Waals surface area contributed by atoms with E-state index in [1.165, 1.54) is 6.92 Å². The van der Waals surface area contributed by atoms with Gasteiger partial charge in [0.25, 0.3) is 5.91 Å². The van der Waals surface area contributed by atoms with E-state index in [0.29, 0.717) is 16.8 Å². The molecule has 4 heteroatoms. The number of amides is 1. The lowest BCUT2D eigenvalue weighted by Crippen LogP contribution is -2.15. The lowest BCUT2D eigenvalue weighted by Gasteiger charge is -2.10. The van der Waals surface area contributed by atoms with E-state index in [4.69, 9.17) is 0 Å². The Bertz CT molecular complexity index is 680. The average Bonchev–Trinajstić information content (AvgIpc) is 2.38. The monoisotopic (exact) mass is 331 g/mol. The molecule has 102 valence electrons. The van der Waals surface area contributed by atoms with Gasteiger partial charge in [-0.2, -0.15) is 0 Å². The highest BCUT2D eigenvalue weighted by Crippen LogP contribution is 2.20. The average molecular weight is 332 g/mol. The number of carbonyl (C=O) groups excluding carboxylic acids is 2. The van der Waals surface area contributed by atoms with Gasteiger partial charge >= 0.3 is 0 Å². The van der Waals surface area contributed by atoms with Gasteiger partial charge in [-0.25, -0.2) is 0 Å². The Kier molecular flexibility index (Phi) is 4.35. The molecule has 1 N–H and O–H groups in total. The molecule has 0 aromatic heterocycles. The Hall–Kier alpha value is -1.94. The standard InChI is InChI=1S/C16H14BrNO2/c1-10-9-12(17)7-8-13(10)16(20)18-15-6-4-3-5-14(15)11(2)19/h3-9H,1-2H3,(H,18,20). The summed E-state index contributed by atoms with van der Waals surface area (Å²) in [4.78, 5) is 23.8. The molecule has 0 saturated heterocycles. The molecule has 0 heterocycles. The molecule has 2 rings (SSSR count). The predicted octanol–water partition coefficient (Wildman–Crippen LogP) is 4.21. The Morgan fingerprint density at radius 2 is 1.75 bits per heavy atom. The molecule has 0 fully saturated rings. The largest absolute Gasteiger partial charge is 0.321 e. The molecule has 0 aliphatic heterocycles. The Balaban J connectivity index is 2.30. The lowest BCUT2D eigenvalue weighted by atomic mass is 10.1. The first-order valence-corrected chi connectivity index (χ1v) is 6.96. The Morgan fingerprint density at radius 3 is 2.40 bits per heavy atom. The van der Waals surface area contributed by atoms with Gasteiger partial charge in [0.1, 0.15) is 0 Å². The highest BCUT2D eigenvalue weighted by Gasteiger charge is 2.13. The van der Waals surface area contributed by atoms with E-state index in [-0.39, 0.29) is 11.7 Å². The molecule has 0 spiro atoms. The van der Waals surface area contributed by atoms with Gasteiger partial charge in [0.05, 0.1) is 5.69 Å². The minimum atomic E-state index is -0.219. The number of anilines is 1. The zero-order valence-electron chi connectivity index (χ0n) is 11.2. The number of para-hydroxylation sites is 1. The van der Waals surface area contributed by atoms with E-state index >= 15 is 0 Å². The maximum absolute atomic E-state index is 12.3. The zero-order valence-corrected chi connectivity index (χ0v) is 12.8. The van der Waals surface area contributed by atoms with E-state index in [1.807, 2.05) is 19.1 Å². The summed E-state index contributed by atoms with van der Waals surface area (Å²) >= 11 is 3.37. The number of benzene rings is 2. The molecule has 1 amide bonds. The van der Waals surface area contributed by atoms with Crippen molar-refractivity contribution in [3.8, 4) is 0 Å². The zero-order chi connectivity index (χ0) is 14.7. The third-order valence-corrected chi connectivity index (χ3v) is 3.48. The summed E-state index contributed by atoms with van der Waals surface area (Å²) in [5.41, 5.74) is 2.51. The van der Waals surface area contributed by atoms with Crippen molar-refractivity contribution in [2.75, 3.05) is 5.32 Å². The molecule has 0 aliphatic rings. The van der Waals surface area contributed by atoms with Crippen molar-refractivity contribution >= 4 is 33.3 Å². The van der Waals surface area contributed by atoms with Crippen molar-refractivity contribution < 1.29 is 9.59 Å². The van der Waals surface area contributed by atoms with Crippen molar-refractivity contribution in [3.05, 3.63) is 63.6 Å². The van der Waals surface area contributed by atoms with Crippen molar-refractivity contribution in [3.63, 3.8) is 0 Å². The van der Waals surface area contributed by atoms with Crippen LogP contribution in [0.25, 0.3) is 0 Å². The molecular weight excluding hydrogens is 318 g/mol. The topological polar surface area (TPSA) is 46.2 Å². The predicted molar refractivity (Wildman–Crippen MR) is 83.3 cm³/mol. The SMILES string of the molecule is CC(=O)c1ccccc1NC(=O)c1ccc(Br)cc1C. The molecule has 0 aliphatic carbocycles. The van der Waals surface area contributed by atoms with E-state index < -0.39 is 0 Å². The summed E-state index contributed by atoms with van der Waals surface area (Å²) in [7, 11) is 0. The van der Waals surface area contributed by atoms with Crippen LogP contribution in [0.3, 0.4) is 0 Å². The second-order valence-corrected chi connectivity index (χ2v) is 5.43. The fourth-order valence-corrected chi connectivity index (χ4v) is 2.45. The van der Waals surface area contributed by atoms with Crippen LogP contribution in [0, 0.1) is 6.92 Å². The lowest BCUT2D eigenvalue weighted by molar-refractivity contribution is 0.101. The summed E-state index contributed by atoms with van der Waals surface area (Å²) in [5.74, 6) is -0.294. The molecule has 0 atom stereocenters. The van der Waals surface area contributed by atoms with Crippen LogP contribution < -0.4 is 5.32 Å². The quantitative estimate of drug-likeness (QED) is 0.856. The summed E-state index contributed by atoms with van der Waals surface area (Å²) in [6.07, 6.45) is 0. The first-order valence-electron chi connectivity index (χ1n) is 6.16. The number of halogens is 1. The minimum absolute atomic E-state index is 0.0755. The number of Topliss-reactive ketones (excluding diaryl/α,β-unsaturated/α-hetero) is 1. The molecular formula is C16H14BrNO2. The number of ketones is 1. The van der Waals surface area contributed by atoms with Gasteiger partial charge in [-0.05, 0) is 49.7 Å². The summed E-state index contributed by atoms with van der Waals surface area (Å²) < 4.78 is 0.927. The van der Waals surface area contributed by atoms with Gasteiger partial charge < -0.3 is 5.32 Å². The maximum atomic E-state index is 12.3. The van der Waals surface area contributed by atoms with E-state index in [1.54, 1.807) is 30.3 Å². The molecule has 20 heavy (non-hydrogen) atoms.